The molecule has 0 atom stereocenters. The summed E-state index contributed by atoms with van der Waals surface area (Å²) in [4.78, 5) is 81.0. The van der Waals surface area contributed by atoms with Crippen LogP contribution in [0.2, 0.25) is 36.1 Å². The van der Waals surface area contributed by atoms with Crippen LogP contribution in [-0.2, 0) is 4.79 Å². The fourth-order valence-corrected chi connectivity index (χ4v) is 11.8. The molecule has 0 unspecified atom stereocenters. The maximum absolute atomic E-state index is 11.0. The number of amides is 2. The van der Waals surface area contributed by atoms with E-state index in [0.29, 0.717) is 39.5 Å². The number of hydroxylamine groups is 1. The van der Waals surface area contributed by atoms with Gasteiger partial charge in [0, 0.05) is 40.3 Å². The number of carbonyl (C=O) groups excluding carboxylic acids is 2. The maximum Gasteiger partial charge on any atom is 0.488 e. The number of nitrogen functional groups attached to an aromatic ring is 1. The van der Waals surface area contributed by atoms with Crippen molar-refractivity contribution < 1.29 is 59.1 Å². The summed E-state index contributed by atoms with van der Waals surface area (Å²) in [5.41, 5.74) is 32.7. The molecule has 8 aromatic heterocycles. The molecule has 0 aliphatic heterocycles. The third-order valence-corrected chi connectivity index (χ3v) is 19.2. The summed E-state index contributed by atoms with van der Waals surface area (Å²) >= 11 is 40.2. The number of nitrogens with two attached hydrogens (primary N) is 2. The second-order valence-electron chi connectivity index (χ2n) is 26.9. The molecule has 25 nitrogen and oxygen atoms in total. The van der Waals surface area contributed by atoms with E-state index in [1.54, 1.807) is 60.7 Å². The lowest BCUT2D eigenvalue weighted by Gasteiger charge is -2.04. The number of rotatable bonds is 11. The van der Waals surface area contributed by atoms with Crippen LogP contribution in [0.25, 0.3) is 78.6 Å². The smallest absolute Gasteiger partial charge is 0.478 e. The molecule has 0 aliphatic carbocycles. The predicted octanol–water partition coefficient (Wildman–Crippen LogP) is 20.8. The van der Waals surface area contributed by atoms with Crippen LogP contribution in [0.3, 0.4) is 0 Å². The van der Waals surface area contributed by atoms with E-state index in [-0.39, 0.29) is 58.3 Å². The fraction of sp³-hybridized carbons (Fsp3) is 0.0860. The average molecular weight is 1830 g/mol. The number of nitrogens with one attached hydrogen (secondary N) is 1. The highest BCUT2D eigenvalue weighted by Gasteiger charge is 2.17. The Hall–Kier alpha value is -13.8. The second kappa shape index (κ2) is 48.9. The number of hydrogen-bond acceptors (Lipinski definition) is 20. The van der Waals surface area contributed by atoms with Crippen molar-refractivity contribution in [3.63, 3.8) is 0 Å². The van der Waals surface area contributed by atoms with Crippen LogP contribution in [0.4, 0.5) is 5.82 Å². The molecule has 11 N–H and O–H groups in total. The van der Waals surface area contributed by atoms with Crippen molar-refractivity contribution in [2.24, 2.45) is 5.73 Å². The first-order chi connectivity index (χ1) is 59.9. The summed E-state index contributed by atoms with van der Waals surface area (Å²) in [6.45, 7) is 15.3. The van der Waals surface area contributed by atoms with Gasteiger partial charge >= 0.3 is 25.0 Å². The number of hydrogen-bond donors (Lipinski definition) is 9. The molecule has 7 aromatic carbocycles. The normalized spacial score (nSPS) is 9.97. The molecule has 638 valence electrons. The molecule has 2 amide bonds. The molecule has 8 heterocycles. The Morgan fingerprint density at radius 3 is 0.849 bits per heavy atom. The number of nitriles is 2. The number of carboxylic acid groups (broad SMARTS) is 3. The maximum atomic E-state index is 11.0. The molecule has 15 aromatic rings. The Kier molecular flexibility index (Phi) is 38.5. The van der Waals surface area contributed by atoms with Crippen molar-refractivity contribution in [3.05, 3.63) is 363 Å². The van der Waals surface area contributed by atoms with Crippen LogP contribution in [0, 0.1) is 71.1 Å². The zero-order valence-electron chi connectivity index (χ0n) is 68.2. The van der Waals surface area contributed by atoms with Gasteiger partial charge in [0.2, 0.25) is 5.91 Å². The first-order valence-corrected chi connectivity index (χ1v) is 39.8. The third-order valence-electron chi connectivity index (χ3n) is 17.2. The number of pyridine rings is 7. The van der Waals surface area contributed by atoms with Crippen molar-refractivity contribution in [3.8, 4) is 79.7 Å². The highest BCUT2D eigenvalue weighted by Crippen LogP contribution is 2.30. The Bertz CT molecular complexity index is 6020. The van der Waals surface area contributed by atoms with Crippen molar-refractivity contribution in [2.45, 2.75) is 55.4 Å². The lowest BCUT2D eigenvalue weighted by Crippen LogP contribution is -2.29. The van der Waals surface area contributed by atoms with Gasteiger partial charge in [-0.3, -0.25) is 14.8 Å². The lowest BCUT2D eigenvalue weighted by molar-refractivity contribution is -0.126. The summed E-state index contributed by atoms with van der Waals surface area (Å²) in [5.74, 6) is -3.89. The van der Waals surface area contributed by atoms with Gasteiger partial charge < -0.3 is 41.4 Å². The minimum atomic E-state index is -1.35. The third kappa shape index (κ3) is 30.9. The van der Waals surface area contributed by atoms with E-state index >= 15 is 0 Å². The van der Waals surface area contributed by atoms with Crippen molar-refractivity contribution in [1.29, 1.82) is 10.5 Å². The van der Waals surface area contributed by atoms with Gasteiger partial charge in [0.05, 0.1) is 72.9 Å². The van der Waals surface area contributed by atoms with Crippen LogP contribution in [0.1, 0.15) is 98.4 Å². The van der Waals surface area contributed by atoms with Gasteiger partial charge in [-0.05, 0) is 139 Å². The van der Waals surface area contributed by atoms with Crippen molar-refractivity contribution in [1.82, 2.24) is 45.5 Å². The number of aryl methyl sites for hydroxylation is 7. The molecule has 0 fully saturated rings. The standard InChI is InChI=1S/C13H11ClN2O.2C13H9ClN2.2C13H10ClNO2.C13H11N3O.C7H9BO2.C6H3Cl2NO2.C2H5NO2/c1-8-2-4-9(5-3-8)11-7-6-10(13(15)17)12(14)16-11;2*1-9-2-4-10(5-3-9)12-7-6-11(8-15)13(14)16-12;2*1-8-2-4-9(5-3-8)11-7-6-10(13(16)17)12(14)15-11;1-8-2-4-9(5-3-8)11-7-6-10-12(14)16-17-13(10)15-11;1-6-2-4-7(5-3-6)8(9)10;7-4-2-1-3(6(10)11)5(8)9-4;1-2(4)3-5/h2-7H,1H3,(H2,15,17);2*2-7H,1H3;2*2-7H,1H3,(H,16,17);2-7H,1H3,(H2,14,16);2-5,9-10H,1H3;1-2H,(H,10,11);5H,1H3,(H,3,4). The molecular formula is C93H77BCl7N13O12. The fourth-order valence-electron chi connectivity index (χ4n) is 10.3. The first-order valence-electron chi connectivity index (χ1n) is 37.2. The van der Waals surface area contributed by atoms with Gasteiger partial charge in [-0.2, -0.15) is 10.5 Å². The number of benzene rings is 7. The molecule has 0 saturated carbocycles. The van der Waals surface area contributed by atoms with Crippen LogP contribution >= 0.6 is 81.2 Å². The monoisotopic (exact) mass is 1820 g/mol. The minimum Gasteiger partial charge on any atom is -0.478 e. The SMILES string of the molecule is CC(=O)NO.Cc1ccc(-c2ccc(C#N)c(Cl)n2)cc1.Cc1ccc(-c2ccc(C#N)c(Cl)n2)cc1.Cc1ccc(-c2ccc(C(=O)O)c(Cl)n2)cc1.Cc1ccc(-c2ccc(C(=O)O)c(Cl)n2)cc1.Cc1ccc(-c2ccc(C(N)=O)c(Cl)n2)cc1.Cc1ccc(-c2ccc3c(N)noc3n2)cc1.Cc1ccc(B(O)O)cc1.O=C(O)c1ccc(Cl)nc1Cl. The van der Waals surface area contributed by atoms with Gasteiger partial charge in [0.25, 0.3) is 11.6 Å². The van der Waals surface area contributed by atoms with Crippen LogP contribution in [0.15, 0.2) is 259 Å². The molecule has 0 radical (unpaired) electrons. The van der Waals surface area contributed by atoms with E-state index in [0.717, 1.165) is 78.2 Å². The summed E-state index contributed by atoms with van der Waals surface area (Å²) in [6.07, 6.45) is 0. The Morgan fingerprint density at radius 1 is 0.357 bits per heavy atom. The highest BCUT2D eigenvalue weighted by molar-refractivity contribution is 6.58. The van der Waals surface area contributed by atoms with Crippen molar-refractivity contribution >= 4 is 140 Å². The minimum absolute atomic E-state index is 0.00979. The molecule has 0 saturated heterocycles. The van der Waals surface area contributed by atoms with E-state index in [1.807, 2.05) is 211 Å². The molecule has 0 spiro atoms. The Morgan fingerprint density at radius 2 is 0.603 bits per heavy atom. The average Bonchev–Trinajstić information content (AvgIpc) is 1.64. The topological polar surface area (TPSA) is 435 Å². The number of primary amides is 1. The van der Waals surface area contributed by atoms with Gasteiger partial charge in [-0.15, -0.1) is 0 Å². The van der Waals surface area contributed by atoms with Gasteiger partial charge in [0.1, 0.15) is 48.2 Å². The predicted molar refractivity (Wildman–Crippen MR) is 493 cm³/mol. The first kappa shape index (κ1) is 99.3. The number of halogens is 7. The highest BCUT2D eigenvalue weighted by atomic mass is 35.5. The number of carbonyl (C=O) groups is 5. The van der Waals surface area contributed by atoms with Gasteiger partial charge in [-0.1, -0.05) is 295 Å². The molecule has 33 heteroatoms. The molecule has 0 bridgehead atoms. The quantitative estimate of drug-likeness (QED) is 0.0251. The van der Waals surface area contributed by atoms with E-state index in [9.17, 15) is 24.0 Å². The van der Waals surface area contributed by atoms with Gasteiger partial charge in [-0.25, -0.2) is 54.8 Å². The molecule has 126 heavy (non-hydrogen) atoms. The number of aromatic nitrogens is 8. The number of fused-ring (bicyclic) bond motifs is 1. The molecule has 0 aliphatic rings. The Balaban J connectivity index is 0.000000197. The van der Waals surface area contributed by atoms with Crippen molar-refractivity contribution in [2.75, 3.05) is 5.73 Å². The molecular weight excluding hydrogens is 1750 g/mol. The number of carboxylic acids is 3. The zero-order chi connectivity index (χ0) is 92.4. The van der Waals surface area contributed by atoms with Crippen LogP contribution in [0.5, 0.6) is 0 Å². The van der Waals surface area contributed by atoms with Crippen LogP contribution in [-0.4, -0.2) is 107 Å². The summed E-state index contributed by atoms with van der Waals surface area (Å²) in [5, 5.41) is 73.7. The van der Waals surface area contributed by atoms with E-state index < -0.39 is 36.8 Å². The Labute approximate surface area is 759 Å². The van der Waals surface area contributed by atoms with Crippen LogP contribution < -0.4 is 22.4 Å². The number of aromatic carboxylic acids is 3. The van der Waals surface area contributed by atoms with E-state index in [1.165, 1.54) is 58.9 Å². The lowest BCUT2D eigenvalue weighted by atomic mass is 9.80. The van der Waals surface area contributed by atoms with Gasteiger partial charge in [0.15, 0.2) is 5.82 Å². The zero-order valence-corrected chi connectivity index (χ0v) is 73.5. The molecule has 15 rings (SSSR count). The van der Waals surface area contributed by atoms with E-state index in [2.05, 4.69) is 59.1 Å². The summed E-state index contributed by atoms with van der Waals surface area (Å²) in [7, 11) is -1.35. The summed E-state index contributed by atoms with van der Waals surface area (Å²) in [6, 6.07) is 81.7. The number of anilines is 1. The van der Waals surface area contributed by atoms with E-state index in [4.69, 9.17) is 138 Å². The largest absolute Gasteiger partial charge is 0.488 e. The number of nitrogens with zero attached hydrogens (tertiary/aromatic N) is 10. The second-order valence-corrected chi connectivity index (χ2v) is 29.5. The summed E-state index contributed by atoms with van der Waals surface area (Å²) < 4.78 is 5.05.